The summed E-state index contributed by atoms with van der Waals surface area (Å²) >= 11 is 6.20. The number of nitrogens with zero attached hydrogens (tertiary/aromatic N) is 3. The normalized spacial score (nSPS) is 10.9. The van der Waals surface area contributed by atoms with Crippen molar-refractivity contribution in [1.82, 2.24) is 14.5 Å². The average molecular weight is 238 g/mol. The topological polar surface area (TPSA) is 39.9 Å². The van der Waals surface area contributed by atoms with Crippen molar-refractivity contribution in [1.29, 1.82) is 0 Å². The number of halogens is 1. The fraction of sp³-hybridized carbons (Fsp3) is 0.273. The Balaban J connectivity index is 2.73. The van der Waals surface area contributed by atoms with E-state index in [0.717, 1.165) is 17.0 Å². The smallest absolute Gasteiger partial charge is 0.163 e. The van der Waals surface area contributed by atoms with Crippen molar-refractivity contribution in [2.24, 2.45) is 0 Å². The van der Waals surface area contributed by atoms with E-state index in [1.54, 1.807) is 19.4 Å². The summed E-state index contributed by atoms with van der Waals surface area (Å²) in [5.41, 5.74) is 2.21. The van der Waals surface area contributed by atoms with Gasteiger partial charge >= 0.3 is 0 Å². The van der Waals surface area contributed by atoms with E-state index in [4.69, 9.17) is 16.3 Å². The Labute approximate surface area is 98.5 Å². The van der Waals surface area contributed by atoms with Crippen LogP contribution in [0.1, 0.15) is 11.4 Å². The first-order chi connectivity index (χ1) is 7.69. The largest absolute Gasteiger partial charge is 0.364 e. The Morgan fingerprint density at radius 3 is 3.00 bits per heavy atom. The van der Waals surface area contributed by atoms with Gasteiger partial charge in [0.25, 0.3) is 0 Å². The monoisotopic (exact) mass is 237 g/mol. The van der Waals surface area contributed by atoms with Gasteiger partial charge < -0.3 is 4.74 Å². The Morgan fingerprint density at radius 1 is 1.62 bits per heavy atom. The van der Waals surface area contributed by atoms with Gasteiger partial charge in [0, 0.05) is 18.9 Å². The number of aromatic nitrogens is 3. The molecule has 0 bridgehead atoms. The molecule has 0 aliphatic heterocycles. The molecule has 0 aliphatic rings. The summed E-state index contributed by atoms with van der Waals surface area (Å²) < 4.78 is 6.96. The predicted octanol–water partition coefficient (Wildman–Crippen LogP) is 2.64. The zero-order valence-electron chi connectivity index (χ0n) is 9.20. The van der Waals surface area contributed by atoms with Crippen molar-refractivity contribution < 1.29 is 4.74 Å². The highest BCUT2D eigenvalue weighted by Crippen LogP contribution is 2.26. The number of imidazole rings is 1. The van der Waals surface area contributed by atoms with E-state index in [2.05, 4.69) is 16.5 Å². The van der Waals surface area contributed by atoms with Crippen molar-refractivity contribution in [3.63, 3.8) is 0 Å². The number of rotatable bonds is 3. The van der Waals surface area contributed by atoms with E-state index in [1.807, 2.05) is 11.5 Å². The molecule has 4 nitrogen and oxygen atoms in total. The molecule has 84 valence electrons. The van der Waals surface area contributed by atoms with Crippen LogP contribution in [0.2, 0.25) is 5.02 Å². The van der Waals surface area contributed by atoms with Gasteiger partial charge in [0.05, 0.1) is 5.02 Å². The lowest BCUT2D eigenvalue weighted by Gasteiger charge is -2.04. The second-order valence-corrected chi connectivity index (χ2v) is 3.79. The Hall–Kier alpha value is -1.39. The highest BCUT2D eigenvalue weighted by molar-refractivity contribution is 6.36. The Bertz CT molecular complexity index is 548. The van der Waals surface area contributed by atoms with Crippen LogP contribution in [-0.2, 0) is 11.5 Å². The fourth-order valence-corrected chi connectivity index (χ4v) is 1.83. The first-order valence-corrected chi connectivity index (χ1v) is 5.19. The molecule has 0 amide bonds. The van der Waals surface area contributed by atoms with Gasteiger partial charge in [0.15, 0.2) is 5.65 Å². The summed E-state index contributed by atoms with van der Waals surface area (Å²) in [7, 11) is 1.63. The molecule has 2 heterocycles. The summed E-state index contributed by atoms with van der Waals surface area (Å²) in [6, 6.07) is 0. The molecule has 16 heavy (non-hydrogen) atoms. The van der Waals surface area contributed by atoms with Gasteiger partial charge in [-0.25, -0.2) is 9.97 Å². The van der Waals surface area contributed by atoms with E-state index < -0.39 is 0 Å². The van der Waals surface area contributed by atoms with Crippen LogP contribution in [0.4, 0.5) is 0 Å². The van der Waals surface area contributed by atoms with E-state index in [-0.39, 0.29) is 0 Å². The molecule has 0 radical (unpaired) electrons. The van der Waals surface area contributed by atoms with Crippen LogP contribution < -0.4 is 0 Å². The third kappa shape index (κ3) is 1.60. The second-order valence-electron chi connectivity index (χ2n) is 3.41. The minimum atomic E-state index is 0.416. The van der Waals surface area contributed by atoms with E-state index in [9.17, 15) is 0 Å². The molecule has 2 aromatic heterocycles. The first kappa shape index (κ1) is 11.1. The highest BCUT2D eigenvalue weighted by Gasteiger charge is 2.13. The van der Waals surface area contributed by atoms with Crippen LogP contribution >= 0.6 is 11.6 Å². The lowest BCUT2D eigenvalue weighted by atomic mass is 10.2. The number of aryl methyl sites for hydroxylation is 1. The molecule has 0 aromatic carbocycles. The highest BCUT2D eigenvalue weighted by atomic mass is 35.5. The maximum atomic E-state index is 6.20. The van der Waals surface area contributed by atoms with Crippen molar-refractivity contribution in [3.8, 4) is 0 Å². The second kappa shape index (κ2) is 4.23. The van der Waals surface area contributed by atoms with Crippen LogP contribution in [0.5, 0.6) is 0 Å². The first-order valence-electron chi connectivity index (χ1n) is 4.81. The standard InChI is InChI=1S/C11H12ClN3O/c1-4-8-5-13-11-10(9(8)12)14-7(2)15(11)6-16-3/h4-5H,1,6H2,2-3H3. The molecule has 5 heteroatoms. The zero-order valence-corrected chi connectivity index (χ0v) is 9.95. The molecule has 0 spiro atoms. The van der Waals surface area contributed by atoms with Crippen LogP contribution in [0.25, 0.3) is 17.2 Å². The Morgan fingerprint density at radius 2 is 2.38 bits per heavy atom. The molecule has 2 aromatic rings. The van der Waals surface area contributed by atoms with Crippen molar-refractivity contribution in [3.05, 3.63) is 29.2 Å². The summed E-state index contributed by atoms with van der Waals surface area (Å²) in [6.45, 7) is 5.99. The third-order valence-electron chi connectivity index (χ3n) is 2.40. The van der Waals surface area contributed by atoms with Gasteiger partial charge in [0.1, 0.15) is 18.1 Å². The lowest BCUT2D eigenvalue weighted by Crippen LogP contribution is -2.02. The van der Waals surface area contributed by atoms with Crippen LogP contribution in [0.15, 0.2) is 12.8 Å². The molecule has 0 N–H and O–H groups in total. The fourth-order valence-electron chi connectivity index (χ4n) is 1.58. The lowest BCUT2D eigenvalue weighted by molar-refractivity contribution is 0.132. The van der Waals surface area contributed by atoms with Crippen LogP contribution in [0, 0.1) is 6.92 Å². The maximum Gasteiger partial charge on any atom is 0.163 e. The summed E-state index contributed by atoms with van der Waals surface area (Å²) in [5, 5.41) is 0.581. The van der Waals surface area contributed by atoms with Crippen molar-refractivity contribution >= 4 is 28.8 Å². The molecule has 2 rings (SSSR count). The van der Waals surface area contributed by atoms with Crippen molar-refractivity contribution in [2.75, 3.05) is 7.11 Å². The van der Waals surface area contributed by atoms with Gasteiger partial charge in [-0.05, 0) is 6.92 Å². The molecule has 0 fully saturated rings. The van der Waals surface area contributed by atoms with E-state index in [1.165, 1.54) is 0 Å². The molecule has 0 aliphatic carbocycles. The summed E-state index contributed by atoms with van der Waals surface area (Å²) in [4.78, 5) is 8.70. The Kier molecular flexibility index (Phi) is 2.94. The molecule has 0 unspecified atom stereocenters. The number of hydrogen-bond donors (Lipinski definition) is 0. The molecule has 0 saturated heterocycles. The molecule has 0 saturated carbocycles. The van der Waals surface area contributed by atoms with Gasteiger partial charge in [-0.15, -0.1) is 0 Å². The van der Waals surface area contributed by atoms with Crippen molar-refractivity contribution in [2.45, 2.75) is 13.7 Å². The van der Waals surface area contributed by atoms with Gasteiger partial charge in [0.2, 0.25) is 0 Å². The average Bonchev–Trinajstić information content (AvgIpc) is 2.59. The molecular weight excluding hydrogens is 226 g/mol. The number of ether oxygens (including phenoxy) is 1. The summed E-state index contributed by atoms with van der Waals surface area (Å²) in [6.07, 6.45) is 3.35. The van der Waals surface area contributed by atoms with Crippen LogP contribution in [0.3, 0.4) is 0 Å². The zero-order chi connectivity index (χ0) is 11.7. The van der Waals surface area contributed by atoms with Gasteiger partial charge in [-0.2, -0.15) is 0 Å². The minimum absolute atomic E-state index is 0.416. The van der Waals surface area contributed by atoms with E-state index >= 15 is 0 Å². The number of hydrogen-bond acceptors (Lipinski definition) is 3. The predicted molar refractivity (Wildman–Crippen MR) is 64.4 cm³/mol. The number of fused-ring (bicyclic) bond motifs is 1. The van der Waals surface area contributed by atoms with Crippen LogP contribution in [-0.4, -0.2) is 21.6 Å². The minimum Gasteiger partial charge on any atom is -0.364 e. The number of pyridine rings is 1. The van der Waals surface area contributed by atoms with Gasteiger partial charge in [-0.1, -0.05) is 24.3 Å². The molecular formula is C11H12ClN3O. The number of methoxy groups -OCH3 is 1. The maximum absolute atomic E-state index is 6.20. The SMILES string of the molecule is C=Cc1cnc2c(nc(C)n2COC)c1Cl. The third-order valence-corrected chi connectivity index (χ3v) is 2.79. The quantitative estimate of drug-likeness (QED) is 0.824. The summed E-state index contributed by atoms with van der Waals surface area (Å²) in [5.74, 6) is 0.826. The molecule has 0 atom stereocenters. The van der Waals surface area contributed by atoms with Gasteiger partial charge in [-0.3, -0.25) is 4.57 Å². The van der Waals surface area contributed by atoms with E-state index in [0.29, 0.717) is 17.3 Å².